The predicted molar refractivity (Wildman–Crippen MR) is 196 cm³/mol. The highest BCUT2D eigenvalue weighted by molar-refractivity contribution is 7.89. The topological polar surface area (TPSA) is 216 Å². The number of aryl methyl sites for hydroxylation is 2. The number of aliphatic hydroxyl groups is 4. The molecule has 3 aromatic rings. The van der Waals surface area contributed by atoms with Crippen LogP contribution >= 0.6 is 0 Å². The van der Waals surface area contributed by atoms with Gasteiger partial charge in [-0.25, -0.2) is 13.1 Å². The molecule has 8 rings (SSSR count). The molecule has 0 spiro atoms. The van der Waals surface area contributed by atoms with Crippen LogP contribution in [0.2, 0.25) is 0 Å². The summed E-state index contributed by atoms with van der Waals surface area (Å²) in [5.41, 5.74) is 6.50. The highest BCUT2D eigenvalue weighted by Gasteiger charge is 2.45. The maximum Gasteiger partial charge on any atom is 0.295 e. The van der Waals surface area contributed by atoms with Crippen molar-refractivity contribution in [2.24, 2.45) is 4.99 Å². The first-order valence-corrected chi connectivity index (χ1v) is 21.5. The van der Waals surface area contributed by atoms with E-state index in [2.05, 4.69) is 22.6 Å². The van der Waals surface area contributed by atoms with Crippen LogP contribution in [-0.2, 0) is 50.6 Å². The van der Waals surface area contributed by atoms with Crippen LogP contribution in [0, 0.1) is 0 Å². The first-order chi connectivity index (χ1) is 25.8. The number of nitrogens with one attached hydrogen (secondary N) is 1. The molecule has 5 atom stereocenters. The molecule has 16 heteroatoms. The highest BCUT2D eigenvalue weighted by atomic mass is 32.2. The molecular weight excluding hydrogens is 739 g/mol. The number of benzene rings is 3. The Kier molecular flexibility index (Phi) is 9.88. The third kappa shape index (κ3) is 6.34. The van der Waals surface area contributed by atoms with Gasteiger partial charge in [0, 0.05) is 58.4 Å². The molecule has 1 saturated heterocycles. The van der Waals surface area contributed by atoms with Crippen molar-refractivity contribution in [2.45, 2.75) is 105 Å². The Balaban J connectivity index is 1.36. The summed E-state index contributed by atoms with van der Waals surface area (Å²) >= 11 is 0. The molecule has 5 aliphatic rings. The standard InChI is InChI=1S/C38H45N3O11S2/c1-2-3-9-24-31-20(7-4-13-39-31)16-26-30(27-17-21-8-5-14-41-15-6-10-25(33(21)41)37(27)52-36(24)26)23-12-11-22(18-29(23)54(48,49)50)53(46,47)40-32-35(44)34(43)28(19-42)51-38(32)45/h11-12,16-18,28,32,34-35,38,40,42-45H,2-10,13-15,19H2,1H3,(H,48,49,50)/t28?,32?,34-,35-,38?/m0/s1. The van der Waals surface area contributed by atoms with Crippen molar-refractivity contribution in [1.29, 1.82) is 0 Å². The lowest BCUT2D eigenvalue weighted by Crippen LogP contribution is -2.64. The van der Waals surface area contributed by atoms with E-state index in [-0.39, 0.29) is 5.56 Å². The zero-order valence-electron chi connectivity index (χ0n) is 29.9. The lowest BCUT2D eigenvalue weighted by atomic mass is 9.83. The smallest absolute Gasteiger partial charge is 0.295 e. The highest BCUT2D eigenvalue weighted by Crippen LogP contribution is 2.49. The van der Waals surface area contributed by atoms with Gasteiger partial charge in [-0.15, -0.1) is 0 Å². The molecule has 5 aliphatic heterocycles. The van der Waals surface area contributed by atoms with Crippen molar-refractivity contribution in [1.82, 2.24) is 4.72 Å². The largest absolute Gasteiger partial charge is 0.455 e. The number of hydrogen-bond donors (Lipinski definition) is 6. The number of sulfonamides is 1. The summed E-state index contributed by atoms with van der Waals surface area (Å²) in [7, 11) is -9.81. The summed E-state index contributed by atoms with van der Waals surface area (Å²) in [6.07, 6.45) is 0.609. The minimum Gasteiger partial charge on any atom is -0.455 e. The van der Waals surface area contributed by atoms with Gasteiger partial charge in [0.2, 0.25) is 10.0 Å². The lowest BCUT2D eigenvalue weighted by Gasteiger charge is -2.40. The number of aliphatic hydroxyl groups excluding tert-OH is 4. The molecule has 0 aliphatic carbocycles. The zero-order chi connectivity index (χ0) is 38.1. The molecule has 5 heterocycles. The Morgan fingerprint density at radius 2 is 1.69 bits per heavy atom. The molecule has 0 radical (unpaired) electrons. The van der Waals surface area contributed by atoms with Crippen molar-refractivity contribution in [3.8, 4) is 11.5 Å². The van der Waals surface area contributed by atoms with Gasteiger partial charge in [0.1, 0.15) is 40.7 Å². The third-order valence-corrected chi connectivity index (χ3v) is 13.6. The summed E-state index contributed by atoms with van der Waals surface area (Å²) in [5, 5.41) is 42.4. The fraction of sp³-hybridized carbons (Fsp3) is 0.500. The second-order valence-corrected chi connectivity index (χ2v) is 17.9. The fourth-order valence-electron chi connectivity index (χ4n) is 8.74. The van der Waals surface area contributed by atoms with Gasteiger partial charge in [-0.1, -0.05) is 19.4 Å². The van der Waals surface area contributed by atoms with Crippen LogP contribution in [-0.4, -0.2) is 98.7 Å². The first kappa shape index (κ1) is 37.5. The van der Waals surface area contributed by atoms with E-state index in [4.69, 9.17) is 14.5 Å². The Hall–Kier alpha value is -3.45. The van der Waals surface area contributed by atoms with Crippen molar-refractivity contribution >= 4 is 31.4 Å². The Morgan fingerprint density at radius 3 is 2.43 bits per heavy atom. The average molecular weight is 784 g/mol. The van der Waals surface area contributed by atoms with E-state index in [1.807, 2.05) is 6.07 Å². The van der Waals surface area contributed by atoms with Gasteiger partial charge in [-0.2, -0.15) is 8.42 Å². The van der Waals surface area contributed by atoms with Crippen LogP contribution in [0.25, 0.3) is 5.57 Å². The summed E-state index contributed by atoms with van der Waals surface area (Å²) in [6, 6.07) is 5.66. The third-order valence-electron chi connectivity index (χ3n) is 11.3. The van der Waals surface area contributed by atoms with Crippen LogP contribution in [0.5, 0.6) is 11.5 Å². The number of fused-ring (bicyclic) bond motifs is 4. The summed E-state index contributed by atoms with van der Waals surface area (Å²) < 4.78 is 79.3. The molecule has 290 valence electrons. The molecule has 0 aromatic heterocycles. The molecule has 0 saturated carbocycles. The lowest BCUT2D eigenvalue weighted by molar-refractivity contribution is -0.251. The Morgan fingerprint density at radius 1 is 0.926 bits per heavy atom. The minimum absolute atomic E-state index is 0.0780. The fourth-order valence-corrected chi connectivity index (χ4v) is 10.8. The van der Waals surface area contributed by atoms with Crippen LogP contribution in [0.15, 0.2) is 45.1 Å². The van der Waals surface area contributed by atoms with E-state index in [0.29, 0.717) is 40.8 Å². The van der Waals surface area contributed by atoms with Crippen molar-refractivity contribution in [2.75, 3.05) is 31.1 Å². The summed E-state index contributed by atoms with van der Waals surface area (Å²) in [5.74, 6) is 1.20. The average Bonchev–Trinajstić information content (AvgIpc) is 3.15. The van der Waals surface area contributed by atoms with Gasteiger partial charge in [0.05, 0.1) is 16.9 Å². The number of rotatable bonds is 9. The molecular formula is C38H45N3O11S2. The van der Waals surface area contributed by atoms with Gasteiger partial charge in [-0.3, -0.25) is 9.55 Å². The van der Waals surface area contributed by atoms with Crippen molar-refractivity contribution in [3.63, 3.8) is 0 Å². The zero-order valence-corrected chi connectivity index (χ0v) is 31.5. The Bertz CT molecular complexity index is 2370. The number of nitrogens with zero attached hydrogens (tertiary/aromatic N) is 2. The number of unbranched alkanes of at least 4 members (excludes halogenated alkanes) is 1. The van der Waals surface area contributed by atoms with Crippen LogP contribution in [0.1, 0.15) is 72.4 Å². The second kappa shape index (κ2) is 14.2. The van der Waals surface area contributed by atoms with Crippen molar-refractivity contribution < 1.29 is 51.3 Å². The number of hydrogen-bond acceptors (Lipinski definition) is 12. The molecule has 3 aromatic carbocycles. The molecule has 6 N–H and O–H groups in total. The van der Waals surface area contributed by atoms with Crippen LogP contribution in [0.4, 0.5) is 5.69 Å². The molecule has 14 nitrogen and oxygen atoms in total. The van der Waals surface area contributed by atoms with E-state index in [9.17, 15) is 41.8 Å². The second-order valence-electron chi connectivity index (χ2n) is 14.7. The number of anilines is 1. The first-order valence-electron chi connectivity index (χ1n) is 18.6. The van der Waals surface area contributed by atoms with E-state index in [1.54, 1.807) is 0 Å². The normalized spacial score (nSPS) is 24.8. The van der Waals surface area contributed by atoms with Gasteiger partial charge in [0.15, 0.2) is 6.29 Å². The maximum atomic E-state index is 13.8. The quantitative estimate of drug-likeness (QED) is 0.131. The predicted octanol–water partition coefficient (Wildman–Crippen LogP) is 0.972. The van der Waals surface area contributed by atoms with Crippen LogP contribution in [0.3, 0.4) is 0 Å². The van der Waals surface area contributed by atoms with E-state index < -0.39 is 67.2 Å². The van der Waals surface area contributed by atoms with E-state index in [0.717, 1.165) is 104 Å². The van der Waals surface area contributed by atoms with Crippen LogP contribution < -0.4 is 24.9 Å². The molecule has 1 fully saturated rings. The van der Waals surface area contributed by atoms with Gasteiger partial charge in [0.25, 0.3) is 10.1 Å². The maximum absolute atomic E-state index is 13.8. The monoisotopic (exact) mass is 783 g/mol. The SMILES string of the molecule is CCCCc1c2c(cc3c1=NCCC3)=C(c1ccc(S(=O)(=O)NC3C(O)OC(CO)[C@H](O)[C@H]3O)cc1S(=O)(=O)O)c1cc3c4c(c1O2)CCCN4CCC3. The Labute approximate surface area is 313 Å². The van der Waals surface area contributed by atoms with E-state index in [1.165, 1.54) is 12.1 Å². The van der Waals surface area contributed by atoms with Gasteiger partial charge < -0.3 is 34.8 Å². The van der Waals surface area contributed by atoms with Crippen molar-refractivity contribution in [3.05, 3.63) is 74.3 Å². The summed E-state index contributed by atoms with van der Waals surface area (Å²) in [4.78, 5) is 6.07. The molecule has 0 bridgehead atoms. The van der Waals surface area contributed by atoms with Gasteiger partial charge >= 0.3 is 0 Å². The minimum atomic E-state index is -5.09. The summed E-state index contributed by atoms with van der Waals surface area (Å²) in [6.45, 7) is 3.91. The molecule has 54 heavy (non-hydrogen) atoms. The molecule has 0 amide bonds. The molecule has 3 unspecified atom stereocenters. The number of ether oxygens (including phenoxy) is 2. The van der Waals surface area contributed by atoms with E-state index >= 15 is 0 Å². The van der Waals surface area contributed by atoms with Gasteiger partial charge in [-0.05, 0) is 86.8 Å².